The highest BCUT2D eigenvalue weighted by Gasteiger charge is 2.07. The van der Waals surface area contributed by atoms with Crippen molar-refractivity contribution in [1.82, 2.24) is 0 Å². The maximum Gasteiger partial charge on any atom is 0.150 e. The van der Waals surface area contributed by atoms with E-state index in [-0.39, 0.29) is 0 Å². The number of hydrazone groups is 1. The molecule has 0 saturated carbocycles. The Labute approximate surface area is 115 Å². The zero-order valence-electron chi connectivity index (χ0n) is 9.81. The Kier molecular flexibility index (Phi) is 3.99. The van der Waals surface area contributed by atoms with E-state index in [1.165, 1.54) is 5.56 Å². The van der Waals surface area contributed by atoms with Crippen LogP contribution in [0.15, 0.2) is 53.6 Å². The molecule has 0 fully saturated rings. The number of benzene rings is 2. The third kappa shape index (κ3) is 2.54. The lowest BCUT2D eigenvalue weighted by Gasteiger charge is -2.09. The lowest BCUT2D eigenvalue weighted by Crippen LogP contribution is -2.16. The molecule has 0 aliphatic heterocycles. The highest BCUT2D eigenvalue weighted by molar-refractivity contribution is 9.08. The van der Waals surface area contributed by atoms with E-state index in [9.17, 15) is 0 Å². The van der Waals surface area contributed by atoms with Crippen molar-refractivity contribution in [2.75, 3.05) is 0 Å². The molecule has 4 heteroatoms. The van der Waals surface area contributed by atoms with Crippen LogP contribution in [-0.4, -0.2) is 5.84 Å². The largest absolute Gasteiger partial charge is 0.382 e. The van der Waals surface area contributed by atoms with Crippen LogP contribution >= 0.6 is 15.9 Å². The first-order valence-corrected chi connectivity index (χ1v) is 6.66. The Bertz CT molecular complexity index is 562. The Morgan fingerprint density at radius 3 is 2.33 bits per heavy atom. The second kappa shape index (κ2) is 5.69. The smallest absolute Gasteiger partial charge is 0.150 e. The van der Waals surface area contributed by atoms with E-state index < -0.39 is 0 Å². The number of hydrogen-bond donors (Lipinski definition) is 2. The van der Waals surface area contributed by atoms with Crippen LogP contribution in [0.1, 0.15) is 11.1 Å². The molecule has 0 radical (unpaired) electrons. The predicted octanol–water partition coefficient (Wildman–Crippen LogP) is 2.83. The quantitative estimate of drug-likeness (QED) is 0.301. The van der Waals surface area contributed by atoms with E-state index in [0.29, 0.717) is 5.84 Å². The van der Waals surface area contributed by atoms with Gasteiger partial charge in [-0.2, -0.15) is 5.10 Å². The topological polar surface area (TPSA) is 64.4 Å². The predicted molar refractivity (Wildman–Crippen MR) is 79.4 cm³/mol. The molecule has 3 nitrogen and oxygen atoms in total. The Hall–Kier alpha value is -1.81. The standard InChI is InChI=1S/C14H14BrN3/c15-9-10-5-7-11(8-6-10)12-3-1-2-4-13(12)14(16)18-17/h1-8H,9,17H2,(H2,16,18). The van der Waals surface area contributed by atoms with Gasteiger partial charge < -0.3 is 11.6 Å². The molecule has 0 aliphatic carbocycles. The average Bonchev–Trinajstić information content (AvgIpc) is 2.46. The van der Waals surface area contributed by atoms with E-state index in [0.717, 1.165) is 22.0 Å². The van der Waals surface area contributed by atoms with Gasteiger partial charge in [-0.05, 0) is 16.7 Å². The Morgan fingerprint density at radius 1 is 1.06 bits per heavy atom. The van der Waals surface area contributed by atoms with Crippen molar-refractivity contribution in [3.63, 3.8) is 0 Å². The van der Waals surface area contributed by atoms with Gasteiger partial charge in [-0.3, -0.25) is 0 Å². The third-order valence-electron chi connectivity index (χ3n) is 2.76. The van der Waals surface area contributed by atoms with Crippen LogP contribution in [0.2, 0.25) is 0 Å². The minimum atomic E-state index is 0.343. The number of alkyl halides is 1. The van der Waals surface area contributed by atoms with Crippen molar-refractivity contribution >= 4 is 21.8 Å². The van der Waals surface area contributed by atoms with E-state index in [1.54, 1.807) is 0 Å². The maximum atomic E-state index is 5.81. The van der Waals surface area contributed by atoms with Crippen molar-refractivity contribution < 1.29 is 0 Å². The molecule has 2 aromatic carbocycles. The van der Waals surface area contributed by atoms with Crippen LogP contribution in [-0.2, 0) is 5.33 Å². The SMILES string of the molecule is NN=C(N)c1ccccc1-c1ccc(CBr)cc1. The van der Waals surface area contributed by atoms with Gasteiger partial charge in [0.1, 0.15) is 0 Å². The summed E-state index contributed by atoms with van der Waals surface area (Å²) in [4.78, 5) is 0. The third-order valence-corrected chi connectivity index (χ3v) is 3.41. The molecular formula is C14H14BrN3. The fraction of sp³-hybridized carbons (Fsp3) is 0.0714. The number of amidine groups is 1. The average molecular weight is 304 g/mol. The number of halogens is 1. The van der Waals surface area contributed by atoms with Crippen LogP contribution in [0.3, 0.4) is 0 Å². The molecule has 4 N–H and O–H groups in total. The van der Waals surface area contributed by atoms with Crippen LogP contribution < -0.4 is 11.6 Å². The van der Waals surface area contributed by atoms with E-state index in [1.807, 2.05) is 24.3 Å². The second-order valence-electron chi connectivity index (χ2n) is 3.89. The highest BCUT2D eigenvalue weighted by atomic mass is 79.9. The van der Waals surface area contributed by atoms with Crippen LogP contribution in [0.4, 0.5) is 0 Å². The van der Waals surface area contributed by atoms with E-state index >= 15 is 0 Å². The summed E-state index contributed by atoms with van der Waals surface area (Å²) < 4.78 is 0. The molecule has 18 heavy (non-hydrogen) atoms. The van der Waals surface area contributed by atoms with Crippen LogP contribution in [0.25, 0.3) is 11.1 Å². The molecule has 0 heterocycles. The number of nitrogens with zero attached hydrogens (tertiary/aromatic N) is 1. The monoisotopic (exact) mass is 303 g/mol. The van der Waals surface area contributed by atoms with Gasteiger partial charge in [0.05, 0.1) is 0 Å². The zero-order chi connectivity index (χ0) is 13.0. The van der Waals surface area contributed by atoms with Gasteiger partial charge in [-0.25, -0.2) is 0 Å². The number of hydrogen-bond acceptors (Lipinski definition) is 2. The molecule has 0 aliphatic rings. The summed E-state index contributed by atoms with van der Waals surface area (Å²) in [5.41, 5.74) is 10.0. The van der Waals surface area contributed by atoms with Crippen LogP contribution in [0.5, 0.6) is 0 Å². The van der Waals surface area contributed by atoms with Gasteiger partial charge in [-0.1, -0.05) is 64.5 Å². The summed E-state index contributed by atoms with van der Waals surface area (Å²) >= 11 is 3.43. The van der Waals surface area contributed by atoms with Gasteiger partial charge in [0.15, 0.2) is 5.84 Å². The minimum Gasteiger partial charge on any atom is -0.382 e. The lowest BCUT2D eigenvalue weighted by molar-refractivity contribution is 1.23. The van der Waals surface area contributed by atoms with Gasteiger partial charge >= 0.3 is 0 Å². The molecule has 92 valence electrons. The van der Waals surface area contributed by atoms with Crippen molar-refractivity contribution in [3.8, 4) is 11.1 Å². The lowest BCUT2D eigenvalue weighted by atomic mass is 9.98. The number of rotatable bonds is 3. The molecule has 0 amide bonds. The zero-order valence-corrected chi connectivity index (χ0v) is 11.4. The van der Waals surface area contributed by atoms with Gasteiger partial charge in [0.2, 0.25) is 0 Å². The minimum absolute atomic E-state index is 0.343. The second-order valence-corrected chi connectivity index (χ2v) is 4.45. The van der Waals surface area contributed by atoms with E-state index in [4.69, 9.17) is 11.6 Å². The van der Waals surface area contributed by atoms with Crippen LogP contribution in [0, 0.1) is 0 Å². The van der Waals surface area contributed by atoms with Crippen molar-refractivity contribution in [1.29, 1.82) is 0 Å². The molecule has 0 unspecified atom stereocenters. The first kappa shape index (κ1) is 12.6. The summed E-state index contributed by atoms with van der Waals surface area (Å²) in [7, 11) is 0. The molecule has 0 spiro atoms. The molecule has 2 aromatic rings. The maximum absolute atomic E-state index is 5.81. The normalized spacial score (nSPS) is 11.5. The van der Waals surface area contributed by atoms with Gasteiger partial charge in [0, 0.05) is 10.9 Å². The molecule has 2 rings (SSSR count). The van der Waals surface area contributed by atoms with Gasteiger partial charge in [0.25, 0.3) is 0 Å². The summed E-state index contributed by atoms with van der Waals surface area (Å²) in [6.45, 7) is 0. The molecule has 0 atom stereocenters. The first-order valence-electron chi connectivity index (χ1n) is 5.54. The van der Waals surface area contributed by atoms with Crippen molar-refractivity contribution in [2.45, 2.75) is 5.33 Å². The van der Waals surface area contributed by atoms with Gasteiger partial charge in [-0.15, -0.1) is 0 Å². The van der Waals surface area contributed by atoms with Crippen molar-refractivity contribution in [2.24, 2.45) is 16.7 Å². The molecule has 0 saturated heterocycles. The summed E-state index contributed by atoms with van der Waals surface area (Å²) in [5, 5.41) is 4.41. The number of nitrogens with two attached hydrogens (primary N) is 2. The van der Waals surface area contributed by atoms with Crippen molar-refractivity contribution in [3.05, 3.63) is 59.7 Å². The highest BCUT2D eigenvalue weighted by Crippen LogP contribution is 2.24. The Morgan fingerprint density at radius 2 is 1.72 bits per heavy atom. The fourth-order valence-corrected chi connectivity index (χ4v) is 2.17. The summed E-state index contributed by atoms with van der Waals surface area (Å²) in [6.07, 6.45) is 0. The summed E-state index contributed by atoms with van der Waals surface area (Å²) in [6, 6.07) is 16.1. The van der Waals surface area contributed by atoms with E-state index in [2.05, 4.69) is 45.3 Å². The molecule has 0 bridgehead atoms. The Balaban J connectivity index is 2.49. The molecule has 0 aromatic heterocycles. The summed E-state index contributed by atoms with van der Waals surface area (Å²) in [5.74, 6) is 5.60. The molecular weight excluding hydrogens is 290 g/mol. The first-order chi connectivity index (χ1) is 8.76. The fourth-order valence-electron chi connectivity index (χ4n) is 1.80.